The molecule has 1 atom stereocenters. The molecule has 17 heavy (non-hydrogen) atoms. The Kier molecular flexibility index (Phi) is 4.17. The largest absolute Gasteiger partial charge is 0.452 e. The van der Waals surface area contributed by atoms with Crippen LogP contribution in [0.2, 0.25) is 5.02 Å². The Morgan fingerprint density at radius 2 is 2.00 bits per heavy atom. The summed E-state index contributed by atoms with van der Waals surface area (Å²) in [6.45, 7) is 2.02. The lowest BCUT2D eigenvalue weighted by molar-refractivity contribution is 0.471. The van der Waals surface area contributed by atoms with Crippen LogP contribution in [-0.2, 0) is 0 Å². The third-order valence-electron chi connectivity index (χ3n) is 2.32. The Balaban J connectivity index is 2.18. The van der Waals surface area contributed by atoms with E-state index >= 15 is 0 Å². The van der Waals surface area contributed by atoms with E-state index in [1.165, 1.54) is 0 Å². The third-order valence-corrected chi connectivity index (χ3v) is 3.57. The quantitative estimate of drug-likeness (QED) is 0.747. The summed E-state index contributed by atoms with van der Waals surface area (Å²) in [6.07, 6.45) is 0. The molecule has 1 N–H and O–H groups in total. The van der Waals surface area contributed by atoms with Crippen molar-refractivity contribution in [2.75, 3.05) is 5.32 Å². The van der Waals surface area contributed by atoms with Crippen molar-refractivity contribution in [3.8, 4) is 0 Å². The van der Waals surface area contributed by atoms with E-state index < -0.39 is 0 Å². The SMILES string of the molecule is CC(Nc1cc(Br)ccc1Cl)c1ccc(Br)o1. The molecular weight excluding hydrogens is 369 g/mol. The summed E-state index contributed by atoms with van der Waals surface area (Å²) in [5.41, 5.74) is 0.876. The molecule has 90 valence electrons. The van der Waals surface area contributed by atoms with Crippen molar-refractivity contribution in [1.29, 1.82) is 0 Å². The van der Waals surface area contributed by atoms with Gasteiger partial charge in [0, 0.05) is 4.47 Å². The van der Waals surface area contributed by atoms with Gasteiger partial charge in [0.15, 0.2) is 4.67 Å². The third kappa shape index (κ3) is 3.27. The average molecular weight is 379 g/mol. The molecule has 0 spiro atoms. The number of rotatable bonds is 3. The van der Waals surface area contributed by atoms with Crippen molar-refractivity contribution in [2.45, 2.75) is 13.0 Å². The summed E-state index contributed by atoms with van der Waals surface area (Å²) >= 11 is 12.8. The van der Waals surface area contributed by atoms with Crippen LogP contribution in [0.25, 0.3) is 0 Å². The van der Waals surface area contributed by atoms with Gasteiger partial charge in [0.05, 0.1) is 16.8 Å². The average Bonchev–Trinajstić information content (AvgIpc) is 2.70. The lowest BCUT2D eigenvalue weighted by Crippen LogP contribution is -2.05. The number of nitrogens with one attached hydrogen (secondary N) is 1. The summed E-state index contributed by atoms with van der Waals surface area (Å²) in [5.74, 6) is 0.855. The van der Waals surface area contributed by atoms with E-state index in [1.807, 2.05) is 37.3 Å². The highest BCUT2D eigenvalue weighted by atomic mass is 79.9. The van der Waals surface area contributed by atoms with Gasteiger partial charge in [-0.25, -0.2) is 0 Å². The fourth-order valence-electron chi connectivity index (χ4n) is 1.47. The van der Waals surface area contributed by atoms with Gasteiger partial charge in [0.1, 0.15) is 5.76 Å². The zero-order chi connectivity index (χ0) is 12.4. The molecule has 0 radical (unpaired) electrons. The zero-order valence-corrected chi connectivity index (χ0v) is 12.9. The maximum Gasteiger partial charge on any atom is 0.169 e. The summed E-state index contributed by atoms with van der Waals surface area (Å²) in [6, 6.07) is 9.54. The summed E-state index contributed by atoms with van der Waals surface area (Å²) in [4.78, 5) is 0. The van der Waals surface area contributed by atoms with Crippen LogP contribution in [0.3, 0.4) is 0 Å². The van der Waals surface area contributed by atoms with Gasteiger partial charge in [-0.05, 0) is 53.2 Å². The van der Waals surface area contributed by atoms with Crippen LogP contribution in [0.15, 0.2) is 43.9 Å². The Hall–Kier alpha value is -0.450. The van der Waals surface area contributed by atoms with Gasteiger partial charge in [-0.15, -0.1) is 0 Å². The molecule has 0 saturated heterocycles. The molecule has 0 saturated carbocycles. The molecule has 2 nitrogen and oxygen atoms in total. The van der Waals surface area contributed by atoms with Crippen LogP contribution < -0.4 is 5.32 Å². The second-order valence-electron chi connectivity index (χ2n) is 3.63. The highest BCUT2D eigenvalue weighted by Gasteiger charge is 2.11. The van der Waals surface area contributed by atoms with E-state index in [4.69, 9.17) is 16.0 Å². The molecule has 0 aliphatic carbocycles. The van der Waals surface area contributed by atoms with Gasteiger partial charge in [0.2, 0.25) is 0 Å². The number of hydrogen-bond acceptors (Lipinski definition) is 2. The second kappa shape index (κ2) is 5.46. The van der Waals surface area contributed by atoms with E-state index in [0.717, 1.165) is 20.6 Å². The minimum atomic E-state index is 0.0492. The molecule has 1 aromatic heterocycles. The molecule has 0 bridgehead atoms. The van der Waals surface area contributed by atoms with E-state index in [-0.39, 0.29) is 6.04 Å². The van der Waals surface area contributed by atoms with Gasteiger partial charge in [-0.1, -0.05) is 27.5 Å². The lowest BCUT2D eigenvalue weighted by atomic mass is 10.2. The van der Waals surface area contributed by atoms with Crippen LogP contribution >= 0.6 is 43.5 Å². The molecule has 0 aliphatic rings. The molecule has 1 unspecified atom stereocenters. The van der Waals surface area contributed by atoms with Crippen molar-refractivity contribution in [1.82, 2.24) is 0 Å². The first-order chi connectivity index (χ1) is 8.06. The highest BCUT2D eigenvalue weighted by molar-refractivity contribution is 9.10. The maximum atomic E-state index is 6.11. The maximum absolute atomic E-state index is 6.11. The van der Waals surface area contributed by atoms with Crippen LogP contribution in [0.5, 0.6) is 0 Å². The molecular formula is C12H10Br2ClNO. The van der Waals surface area contributed by atoms with Crippen molar-refractivity contribution >= 4 is 49.1 Å². The van der Waals surface area contributed by atoms with Crippen molar-refractivity contribution in [2.24, 2.45) is 0 Å². The molecule has 2 rings (SSSR count). The predicted octanol–water partition coefficient (Wildman–Crippen LogP) is 5.63. The van der Waals surface area contributed by atoms with E-state index in [2.05, 4.69) is 37.2 Å². The standard InChI is InChI=1S/C12H10Br2ClNO/c1-7(11-4-5-12(14)17-11)16-10-6-8(13)2-3-9(10)15/h2-7,16H,1H3. The number of anilines is 1. The van der Waals surface area contributed by atoms with E-state index in [9.17, 15) is 0 Å². The van der Waals surface area contributed by atoms with Crippen molar-refractivity contribution < 1.29 is 4.42 Å². The molecule has 1 aromatic carbocycles. The van der Waals surface area contributed by atoms with Crippen molar-refractivity contribution in [3.05, 3.63) is 50.3 Å². The summed E-state index contributed by atoms with van der Waals surface area (Å²) in [7, 11) is 0. The van der Waals surface area contributed by atoms with Gasteiger partial charge >= 0.3 is 0 Å². The van der Waals surface area contributed by atoms with Gasteiger partial charge in [-0.2, -0.15) is 0 Å². The minimum absolute atomic E-state index is 0.0492. The Bertz CT molecular complexity index is 527. The second-order valence-corrected chi connectivity index (χ2v) is 5.74. The summed E-state index contributed by atoms with van der Waals surface area (Å²) in [5, 5.41) is 3.99. The monoisotopic (exact) mass is 377 g/mol. The normalized spacial score (nSPS) is 12.5. The van der Waals surface area contributed by atoms with Crippen LogP contribution in [0.1, 0.15) is 18.7 Å². The summed E-state index contributed by atoms with van der Waals surface area (Å²) < 4.78 is 7.19. The van der Waals surface area contributed by atoms with Gasteiger partial charge < -0.3 is 9.73 Å². The Labute approximate surface area is 122 Å². The zero-order valence-electron chi connectivity index (χ0n) is 9.01. The molecule has 0 fully saturated rings. The number of halogens is 3. The number of hydrogen-bond donors (Lipinski definition) is 1. The van der Waals surface area contributed by atoms with Gasteiger partial charge in [0.25, 0.3) is 0 Å². The number of benzene rings is 1. The lowest BCUT2D eigenvalue weighted by Gasteiger charge is -2.14. The first-order valence-electron chi connectivity index (χ1n) is 5.03. The molecule has 0 amide bonds. The van der Waals surface area contributed by atoms with E-state index in [1.54, 1.807) is 0 Å². The highest BCUT2D eigenvalue weighted by Crippen LogP contribution is 2.30. The van der Waals surface area contributed by atoms with Crippen molar-refractivity contribution in [3.63, 3.8) is 0 Å². The Morgan fingerprint density at radius 3 is 2.65 bits per heavy atom. The first-order valence-corrected chi connectivity index (χ1v) is 6.99. The van der Waals surface area contributed by atoms with E-state index in [0.29, 0.717) is 5.02 Å². The molecule has 5 heteroatoms. The predicted molar refractivity (Wildman–Crippen MR) is 77.6 cm³/mol. The molecule has 2 aromatic rings. The van der Waals surface area contributed by atoms with Gasteiger partial charge in [-0.3, -0.25) is 0 Å². The van der Waals surface area contributed by atoms with Crippen LogP contribution in [-0.4, -0.2) is 0 Å². The number of furan rings is 1. The molecule has 0 aliphatic heterocycles. The Morgan fingerprint density at radius 1 is 1.24 bits per heavy atom. The van der Waals surface area contributed by atoms with Crippen LogP contribution in [0.4, 0.5) is 5.69 Å². The first kappa shape index (κ1) is 13.0. The minimum Gasteiger partial charge on any atom is -0.452 e. The molecule has 1 heterocycles. The smallest absolute Gasteiger partial charge is 0.169 e. The fraction of sp³-hybridized carbons (Fsp3) is 0.167. The topological polar surface area (TPSA) is 25.2 Å². The fourth-order valence-corrected chi connectivity index (χ4v) is 2.33. The van der Waals surface area contributed by atoms with Crippen LogP contribution in [0, 0.1) is 0 Å².